The summed E-state index contributed by atoms with van der Waals surface area (Å²) >= 11 is 1.70. The van der Waals surface area contributed by atoms with Gasteiger partial charge in [-0.15, -0.1) is 21.5 Å². The fourth-order valence-electron chi connectivity index (χ4n) is 5.23. The SMILES string of the molecule is CC(CCc1ccccc1)Nc1nnnc2c1sc1nc(N3CCOCC3)c3c(c12)CCCC3. The van der Waals surface area contributed by atoms with E-state index in [0.29, 0.717) is 0 Å². The maximum Gasteiger partial charge on any atom is 0.170 e. The highest BCUT2D eigenvalue weighted by molar-refractivity contribution is 7.26. The van der Waals surface area contributed by atoms with Crippen molar-refractivity contribution in [1.82, 2.24) is 20.4 Å². The largest absolute Gasteiger partial charge is 0.378 e. The molecule has 1 aliphatic carbocycles. The molecular formula is C26H30N6OS. The lowest BCUT2D eigenvalue weighted by Gasteiger charge is -2.31. The van der Waals surface area contributed by atoms with Crippen LogP contribution in [0.15, 0.2) is 30.3 Å². The van der Waals surface area contributed by atoms with E-state index in [4.69, 9.17) is 9.72 Å². The summed E-state index contributed by atoms with van der Waals surface area (Å²) in [5.41, 5.74) is 5.14. The summed E-state index contributed by atoms with van der Waals surface area (Å²) in [6.45, 7) is 5.56. The molecule has 1 unspecified atom stereocenters. The van der Waals surface area contributed by atoms with Gasteiger partial charge in [0.1, 0.15) is 20.9 Å². The van der Waals surface area contributed by atoms with Crippen LogP contribution in [0.3, 0.4) is 0 Å². The molecule has 0 radical (unpaired) electrons. The van der Waals surface area contributed by atoms with E-state index < -0.39 is 0 Å². The number of aryl methyl sites for hydroxylation is 2. The summed E-state index contributed by atoms with van der Waals surface area (Å²) in [4.78, 5) is 8.68. The van der Waals surface area contributed by atoms with Gasteiger partial charge in [0.05, 0.1) is 13.2 Å². The van der Waals surface area contributed by atoms with Crippen molar-refractivity contribution in [1.29, 1.82) is 0 Å². The third-order valence-electron chi connectivity index (χ3n) is 7.02. The van der Waals surface area contributed by atoms with Crippen LogP contribution < -0.4 is 10.2 Å². The molecule has 176 valence electrons. The minimum absolute atomic E-state index is 0.274. The van der Waals surface area contributed by atoms with Gasteiger partial charge in [-0.2, -0.15) is 0 Å². The Morgan fingerprint density at radius 1 is 1.06 bits per heavy atom. The van der Waals surface area contributed by atoms with Crippen LogP contribution in [0.1, 0.15) is 42.9 Å². The second-order valence-corrected chi connectivity index (χ2v) is 10.4. The van der Waals surface area contributed by atoms with E-state index in [1.165, 1.54) is 34.9 Å². The van der Waals surface area contributed by atoms with E-state index in [9.17, 15) is 0 Å². The summed E-state index contributed by atoms with van der Waals surface area (Å²) in [5, 5.41) is 17.9. The van der Waals surface area contributed by atoms with E-state index in [1.807, 2.05) is 0 Å². The zero-order chi connectivity index (χ0) is 22.9. The zero-order valence-electron chi connectivity index (χ0n) is 19.6. The molecule has 2 aliphatic rings. The molecule has 3 aromatic heterocycles. The number of pyridine rings is 1. The predicted octanol–water partition coefficient (Wildman–Crippen LogP) is 4.78. The monoisotopic (exact) mass is 474 g/mol. The molecule has 6 rings (SSSR count). The third kappa shape index (κ3) is 4.09. The Morgan fingerprint density at radius 2 is 1.85 bits per heavy atom. The van der Waals surface area contributed by atoms with Crippen molar-refractivity contribution in [2.45, 2.75) is 51.5 Å². The maximum atomic E-state index is 5.60. The molecule has 0 saturated carbocycles. The predicted molar refractivity (Wildman–Crippen MR) is 138 cm³/mol. The highest BCUT2D eigenvalue weighted by Gasteiger charge is 2.26. The number of aromatic nitrogens is 4. The van der Waals surface area contributed by atoms with Gasteiger partial charge in [-0.3, -0.25) is 0 Å². The number of morpholine rings is 1. The minimum atomic E-state index is 0.274. The van der Waals surface area contributed by atoms with Crippen LogP contribution in [0.25, 0.3) is 20.4 Å². The second-order valence-electron chi connectivity index (χ2n) is 9.37. The Kier molecular flexibility index (Phi) is 6.01. The number of ether oxygens (including phenoxy) is 1. The fraction of sp³-hybridized carbons (Fsp3) is 0.462. The standard InChI is InChI=1S/C26H30N6OS/c1-17(11-12-18-7-3-2-4-8-18)27-24-23-22(29-31-30-24)21-19-9-5-6-10-20(19)25(28-26(21)34-23)32-13-15-33-16-14-32/h2-4,7-8,17H,5-6,9-16H2,1H3,(H,27,29,30). The first-order valence-electron chi connectivity index (χ1n) is 12.4. The Morgan fingerprint density at radius 3 is 2.68 bits per heavy atom. The molecule has 1 aromatic carbocycles. The van der Waals surface area contributed by atoms with Crippen molar-refractivity contribution < 1.29 is 4.74 Å². The Balaban J connectivity index is 1.36. The van der Waals surface area contributed by atoms with Gasteiger partial charge in [-0.25, -0.2) is 4.98 Å². The number of fused-ring (bicyclic) bond motifs is 5. The summed E-state index contributed by atoms with van der Waals surface area (Å²) in [7, 11) is 0. The number of thiophene rings is 1. The molecule has 0 amide bonds. The first-order chi connectivity index (χ1) is 16.8. The number of nitrogens with zero attached hydrogens (tertiary/aromatic N) is 5. The number of nitrogens with one attached hydrogen (secondary N) is 1. The van der Waals surface area contributed by atoms with Crippen molar-refractivity contribution >= 4 is 43.4 Å². The highest BCUT2D eigenvalue weighted by atomic mass is 32.1. The van der Waals surface area contributed by atoms with Crippen LogP contribution in [-0.2, 0) is 24.0 Å². The van der Waals surface area contributed by atoms with Crippen LogP contribution in [0.2, 0.25) is 0 Å². The second kappa shape index (κ2) is 9.43. The molecule has 34 heavy (non-hydrogen) atoms. The van der Waals surface area contributed by atoms with E-state index >= 15 is 0 Å². The minimum Gasteiger partial charge on any atom is -0.378 e. The van der Waals surface area contributed by atoms with Gasteiger partial charge in [-0.05, 0) is 67.4 Å². The van der Waals surface area contributed by atoms with E-state index in [1.54, 1.807) is 11.3 Å². The molecule has 0 spiro atoms. The summed E-state index contributed by atoms with van der Waals surface area (Å²) in [6.07, 6.45) is 6.65. The average molecular weight is 475 g/mol. The van der Waals surface area contributed by atoms with Crippen molar-refractivity contribution in [3.63, 3.8) is 0 Å². The average Bonchev–Trinajstić information content (AvgIpc) is 3.28. The lowest BCUT2D eigenvalue weighted by atomic mass is 9.90. The van der Waals surface area contributed by atoms with Gasteiger partial charge in [0.2, 0.25) is 0 Å². The van der Waals surface area contributed by atoms with Crippen LogP contribution in [0.5, 0.6) is 0 Å². The van der Waals surface area contributed by atoms with Crippen molar-refractivity contribution in [3.05, 3.63) is 47.0 Å². The molecular weight excluding hydrogens is 444 g/mol. The number of hydrogen-bond donors (Lipinski definition) is 1. The smallest absolute Gasteiger partial charge is 0.170 e. The fourth-order valence-corrected chi connectivity index (χ4v) is 6.31. The Labute approximate surface area is 203 Å². The van der Waals surface area contributed by atoms with Gasteiger partial charge in [-0.1, -0.05) is 30.3 Å². The third-order valence-corrected chi connectivity index (χ3v) is 8.10. The molecule has 1 fully saturated rings. The topological polar surface area (TPSA) is 76.1 Å². The molecule has 0 bridgehead atoms. The van der Waals surface area contributed by atoms with Crippen LogP contribution >= 0.6 is 11.3 Å². The first-order valence-corrected chi connectivity index (χ1v) is 13.2. The van der Waals surface area contributed by atoms with Gasteiger partial charge in [0.25, 0.3) is 0 Å². The molecule has 4 aromatic rings. The molecule has 7 nitrogen and oxygen atoms in total. The van der Waals surface area contributed by atoms with Gasteiger partial charge < -0.3 is 15.0 Å². The summed E-state index contributed by atoms with van der Waals surface area (Å²) in [6, 6.07) is 10.9. The molecule has 1 atom stereocenters. The number of hydrogen-bond acceptors (Lipinski definition) is 8. The Bertz CT molecular complexity index is 1300. The van der Waals surface area contributed by atoms with Crippen molar-refractivity contribution in [2.24, 2.45) is 0 Å². The van der Waals surface area contributed by atoms with E-state index in [-0.39, 0.29) is 6.04 Å². The first kappa shape index (κ1) is 21.7. The van der Waals surface area contributed by atoms with E-state index in [2.05, 4.69) is 62.9 Å². The maximum absolute atomic E-state index is 5.60. The molecule has 1 aliphatic heterocycles. The number of rotatable bonds is 6. The van der Waals surface area contributed by atoms with Crippen LogP contribution in [-0.4, -0.2) is 52.7 Å². The molecule has 8 heteroatoms. The molecule has 1 saturated heterocycles. The van der Waals surface area contributed by atoms with E-state index in [0.717, 1.165) is 78.7 Å². The molecule has 4 heterocycles. The molecule has 1 N–H and O–H groups in total. The number of anilines is 2. The summed E-state index contributed by atoms with van der Waals surface area (Å²) in [5.74, 6) is 1.98. The van der Waals surface area contributed by atoms with Gasteiger partial charge in [0.15, 0.2) is 5.82 Å². The van der Waals surface area contributed by atoms with Gasteiger partial charge in [0, 0.05) is 24.5 Å². The van der Waals surface area contributed by atoms with Crippen LogP contribution in [0, 0.1) is 0 Å². The van der Waals surface area contributed by atoms with Crippen LogP contribution in [0.4, 0.5) is 11.6 Å². The zero-order valence-corrected chi connectivity index (χ0v) is 20.4. The lowest BCUT2D eigenvalue weighted by Crippen LogP contribution is -2.37. The highest BCUT2D eigenvalue weighted by Crippen LogP contribution is 2.42. The van der Waals surface area contributed by atoms with Crippen molar-refractivity contribution in [3.8, 4) is 0 Å². The Hall–Kier alpha value is -2.84. The lowest BCUT2D eigenvalue weighted by molar-refractivity contribution is 0.122. The van der Waals surface area contributed by atoms with Crippen molar-refractivity contribution in [2.75, 3.05) is 36.5 Å². The van der Waals surface area contributed by atoms with Gasteiger partial charge >= 0.3 is 0 Å². The summed E-state index contributed by atoms with van der Waals surface area (Å²) < 4.78 is 6.67. The quantitative estimate of drug-likeness (QED) is 0.431. The normalized spacial score (nSPS) is 17.1. The number of benzene rings is 1.